The first-order chi connectivity index (χ1) is 26.3. The van der Waals surface area contributed by atoms with Crippen molar-refractivity contribution in [1.29, 1.82) is 0 Å². The summed E-state index contributed by atoms with van der Waals surface area (Å²) in [6.45, 7) is 3.97. The number of amides is 3. The van der Waals surface area contributed by atoms with Crippen molar-refractivity contribution >= 4 is 41.0 Å². The van der Waals surface area contributed by atoms with Crippen LogP contribution in [0.15, 0.2) is 73.1 Å². The number of benzene rings is 2. The van der Waals surface area contributed by atoms with E-state index < -0.39 is 45.7 Å². The topological polar surface area (TPSA) is 234 Å². The summed E-state index contributed by atoms with van der Waals surface area (Å²) in [6.07, 6.45) is 15.4. The number of para-hydroxylation sites is 2. The summed E-state index contributed by atoms with van der Waals surface area (Å²) >= 11 is 0. The van der Waals surface area contributed by atoms with Gasteiger partial charge in [-0.3, -0.25) is 34.6 Å². The highest BCUT2D eigenvalue weighted by Crippen LogP contribution is 2.27. The lowest BCUT2D eigenvalue weighted by molar-refractivity contribution is -0.385. The third-order valence-corrected chi connectivity index (χ3v) is 9.42. The van der Waals surface area contributed by atoms with E-state index in [1.165, 1.54) is 59.8 Å². The SMILES string of the molecule is CCCCCC[C@H](CCCCC[C@@H](C)C(N)=O)OC(=O)[C@@H]1CC=CN1C(=O)c1ccccc1[N+](=O)[O-].O=C(O)[C@@H]1CC=CN1C(=O)c1ccccc1[N+](=O)[O-]. The Hall–Kier alpha value is -5.93. The second-order valence-electron chi connectivity index (χ2n) is 13.4. The molecule has 16 nitrogen and oxygen atoms in total. The molecule has 2 aromatic rings. The smallest absolute Gasteiger partial charge is 0.329 e. The Morgan fingerprint density at radius 2 is 1.22 bits per heavy atom. The van der Waals surface area contributed by atoms with Crippen molar-refractivity contribution in [2.45, 2.75) is 109 Å². The number of unbranched alkanes of at least 4 members (excludes halogenated alkanes) is 5. The van der Waals surface area contributed by atoms with Crippen LogP contribution in [0.25, 0.3) is 0 Å². The normalized spacial score (nSPS) is 16.8. The van der Waals surface area contributed by atoms with Gasteiger partial charge in [0, 0.05) is 30.5 Å². The summed E-state index contributed by atoms with van der Waals surface area (Å²) in [6, 6.07) is 9.34. The Kier molecular flexibility index (Phi) is 17.1. The summed E-state index contributed by atoms with van der Waals surface area (Å²) < 4.78 is 5.89. The average Bonchev–Trinajstić information content (AvgIpc) is 3.87. The number of ether oxygens (including phenoxy) is 1. The van der Waals surface area contributed by atoms with Crippen LogP contribution in [0.2, 0.25) is 0 Å². The van der Waals surface area contributed by atoms with Gasteiger partial charge < -0.3 is 25.4 Å². The van der Waals surface area contributed by atoms with E-state index in [1.807, 2.05) is 6.92 Å². The fourth-order valence-electron chi connectivity index (χ4n) is 6.24. The Balaban J connectivity index is 0.000000357. The molecule has 55 heavy (non-hydrogen) atoms. The van der Waals surface area contributed by atoms with Gasteiger partial charge in [0.2, 0.25) is 5.91 Å². The largest absolute Gasteiger partial charge is 0.480 e. The molecular weight excluding hydrogens is 714 g/mol. The van der Waals surface area contributed by atoms with E-state index in [-0.39, 0.29) is 46.9 Å². The van der Waals surface area contributed by atoms with Gasteiger partial charge in [-0.25, -0.2) is 9.59 Å². The highest BCUT2D eigenvalue weighted by Gasteiger charge is 2.37. The first-order valence-corrected chi connectivity index (χ1v) is 18.5. The van der Waals surface area contributed by atoms with Crippen LogP contribution in [0.1, 0.15) is 112 Å². The molecule has 4 rings (SSSR count). The zero-order valence-corrected chi connectivity index (χ0v) is 31.1. The number of hydrogen-bond acceptors (Lipinski definition) is 10. The lowest BCUT2D eigenvalue weighted by Crippen LogP contribution is -2.41. The van der Waals surface area contributed by atoms with Crippen LogP contribution in [0.3, 0.4) is 0 Å². The molecule has 16 heteroatoms. The number of rotatable bonds is 19. The molecule has 0 saturated carbocycles. The Bertz CT molecular complexity index is 1760. The molecule has 0 spiro atoms. The number of nitrogens with two attached hydrogens (primary N) is 1. The molecule has 0 aromatic heterocycles. The molecule has 0 fully saturated rings. The first kappa shape index (κ1) is 43.5. The van der Waals surface area contributed by atoms with E-state index >= 15 is 0 Å². The molecule has 4 atom stereocenters. The molecule has 0 saturated heterocycles. The predicted molar refractivity (Wildman–Crippen MR) is 201 cm³/mol. The van der Waals surface area contributed by atoms with Gasteiger partial charge in [-0.15, -0.1) is 0 Å². The molecular formula is C39H49N5O11. The van der Waals surface area contributed by atoms with Crippen LogP contribution in [0, 0.1) is 26.1 Å². The van der Waals surface area contributed by atoms with Gasteiger partial charge >= 0.3 is 11.9 Å². The van der Waals surface area contributed by atoms with Gasteiger partial charge in [0.25, 0.3) is 23.2 Å². The van der Waals surface area contributed by atoms with Gasteiger partial charge in [0.1, 0.15) is 29.3 Å². The minimum atomic E-state index is -1.14. The number of carboxylic acid groups (broad SMARTS) is 1. The van der Waals surface area contributed by atoms with E-state index in [9.17, 15) is 44.2 Å². The van der Waals surface area contributed by atoms with E-state index in [2.05, 4.69) is 6.92 Å². The number of nitro groups is 2. The van der Waals surface area contributed by atoms with Crippen molar-refractivity contribution in [3.63, 3.8) is 0 Å². The lowest BCUT2D eigenvalue weighted by Gasteiger charge is -2.25. The van der Waals surface area contributed by atoms with E-state index in [0.29, 0.717) is 12.8 Å². The monoisotopic (exact) mass is 763 g/mol. The Morgan fingerprint density at radius 1 is 0.764 bits per heavy atom. The average molecular weight is 764 g/mol. The predicted octanol–water partition coefficient (Wildman–Crippen LogP) is 6.68. The van der Waals surface area contributed by atoms with Gasteiger partial charge in [-0.2, -0.15) is 0 Å². The molecule has 2 heterocycles. The molecule has 2 aliphatic heterocycles. The second-order valence-corrected chi connectivity index (χ2v) is 13.4. The number of esters is 1. The second kappa shape index (κ2) is 21.7. The van der Waals surface area contributed by atoms with E-state index in [0.717, 1.165) is 62.7 Å². The highest BCUT2D eigenvalue weighted by molar-refractivity contribution is 6.02. The third kappa shape index (κ3) is 12.6. The maximum atomic E-state index is 13.1. The molecule has 296 valence electrons. The van der Waals surface area contributed by atoms with Crippen molar-refractivity contribution < 1.29 is 43.7 Å². The number of nitrogens with zero attached hydrogens (tertiary/aromatic N) is 4. The van der Waals surface area contributed by atoms with Crippen molar-refractivity contribution in [3.05, 3.63) is 104 Å². The number of aliphatic carboxylic acids is 1. The Morgan fingerprint density at radius 3 is 1.69 bits per heavy atom. The molecule has 3 amide bonds. The highest BCUT2D eigenvalue weighted by atomic mass is 16.6. The number of carbonyl (C=O) groups excluding carboxylic acids is 4. The van der Waals surface area contributed by atoms with Crippen molar-refractivity contribution in [2.24, 2.45) is 11.7 Å². The van der Waals surface area contributed by atoms with Gasteiger partial charge in [0.15, 0.2) is 0 Å². The summed E-state index contributed by atoms with van der Waals surface area (Å²) in [5.41, 5.74) is 4.51. The summed E-state index contributed by atoms with van der Waals surface area (Å²) in [7, 11) is 0. The van der Waals surface area contributed by atoms with Crippen molar-refractivity contribution in [3.8, 4) is 0 Å². The molecule has 2 aliphatic rings. The number of carboxylic acids is 1. The van der Waals surface area contributed by atoms with Crippen LogP contribution in [-0.4, -0.2) is 72.6 Å². The molecule has 0 bridgehead atoms. The third-order valence-electron chi connectivity index (χ3n) is 9.42. The van der Waals surface area contributed by atoms with Gasteiger partial charge in [-0.05, 0) is 57.1 Å². The number of hydrogen-bond donors (Lipinski definition) is 2. The van der Waals surface area contributed by atoms with Crippen LogP contribution in [0.5, 0.6) is 0 Å². The quantitative estimate of drug-likeness (QED) is 0.0662. The minimum absolute atomic E-state index is 0.0619. The molecule has 0 aliphatic carbocycles. The summed E-state index contributed by atoms with van der Waals surface area (Å²) in [5, 5.41) is 31.2. The molecule has 3 N–H and O–H groups in total. The van der Waals surface area contributed by atoms with Gasteiger partial charge in [-0.1, -0.05) is 82.4 Å². The Labute approximate surface area is 319 Å². The molecule has 2 aromatic carbocycles. The number of nitro benzene ring substituents is 2. The van der Waals surface area contributed by atoms with Crippen LogP contribution >= 0.6 is 0 Å². The lowest BCUT2D eigenvalue weighted by atomic mass is 9.99. The van der Waals surface area contributed by atoms with Crippen LogP contribution in [-0.2, 0) is 19.1 Å². The van der Waals surface area contributed by atoms with Crippen molar-refractivity contribution in [2.75, 3.05) is 0 Å². The van der Waals surface area contributed by atoms with Crippen LogP contribution in [0.4, 0.5) is 11.4 Å². The maximum Gasteiger partial charge on any atom is 0.329 e. The fraction of sp³-hybridized carbons (Fsp3) is 0.462. The van der Waals surface area contributed by atoms with E-state index in [4.69, 9.17) is 15.6 Å². The fourth-order valence-corrected chi connectivity index (χ4v) is 6.24. The standard InChI is InChI=1S/C27H39N3O6.C12H10N2O5/c1-3-4-5-8-14-21(15-9-6-7-13-20(2)25(28)31)36-27(33)24-18-12-19-29(24)26(32)22-16-10-11-17-23(22)30(34)35;15-11(13-7-3-6-10(13)12(16)17)8-4-1-2-5-9(8)14(18)19/h10-12,16-17,19-21,24H,3-9,13-15,18H2,1-2H3,(H2,28,31);1-5,7,10H,6H2,(H,16,17)/t20-,21-,24+;10-/m10/s1. The summed E-state index contributed by atoms with van der Waals surface area (Å²) in [4.78, 5) is 83.8. The van der Waals surface area contributed by atoms with Gasteiger partial charge in [0.05, 0.1) is 9.85 Å². The molecule has 0 unspecified atom stereocenters. The summed E-state index contributed by atoms with van der Waals surface area (Å²) in [5.74, 6) is -3.35. The van der Waals surface area contributed by atoms with Crippen LogP contribution < -0.4 is 5.73 Å². The number of primary amides is 1. The zero-order chi connectivity index (χ0) is 40.5. The maximum absolute atomic E-state index is 13.1. The van der Waals surface area contributed by atoms with E-state index in [1.54, 1.807) is 18.2 Å². The minimum Gasteiger partial charge on any atom is -0.480 e. The van der Waals surface area contributed by atoms with Crippen molar-refractivity contribution in [1.82, 2.24) is 9.80 Å². The molecule has 0 radical (unpaired) electrons. The number of carbonyl (C=O) groups is 5. The zero-order valence-electron chi connectivity index (χ0n) is 31.1. The first-order valence-electron chi connectivity index (χ1n) is 18.5.